The molecule has 2 atom stereocenters. The lowest BCUT2D eigenvalue weighted by molar-refractivity contribution is -0.163. The number of pyridine rings is 1. The zero-order valence-electron chi connectivity index (χ0n) is 13.4. The van der Waals surface area contributed by atoms with E-state index in [1.165, 1.54) is 6.07 Å². The van der Waals surface area contributed by atoms with Gasteiger partial charge in [0, 0.05) is 33.3 Å². The number of hydrogen-bond acceptors (Lipinski definition) is 5. The number of ether oxygens (including phenoxy) is 1. The molecular formula is C15H19F3N4O2. The van der Waals surface area contributed by atoms with Crippen molar-refractivity contribution in [2.75, 3.05) is 43.7 Å². The number of methoxy groups -OCH3 is 1. The zero-order valence-corrected chi connectivity index (χ0v) is 13.4. The minimum Gasteiger partial charge on any atom is -0.382 e. The van der Waals surface area contributed by atoms with Gasteiger partial charge in [-0.25, -0.2) is 4.98 Å². The molecule has 1 aromatic heterocycles. The molecule has 1 aromatic rings. The number of amides is 1. The van der Waals surface area contributed by atoms with Crippen LogP contribution < -0.4 is 15.1 Å². The van der Waals surface area contributed by atoms with Gasteiger partial charge in [0.15, 0.2) is 5.82 Å². The van der Waals surface area contributed by atoms with Gasteiger partial charge in [-0.1, -0.05) is 0 Å². The van der Waals surface area contributed by atoms with Crippen molar-refractivity contribution in [3.63, 3.8) is 0 Å². The van der Waals surface area contributed by atoms with E-state index in [0.29, 0.717) is 11.9 Å². The molecule has 2 unspecified atom stereocenters. The van der Waals surface area contributed by atoms with Crippen LogP contribution in [0.4, 0.5) is 24.7 Å². The molecule has 0 aliphatic carbocycles. The van der Waals surface area contributed by atoms with E-state index in [9.17, 15) is 18.0 Å². The summed E-state index contributed by atoms with van der Waals surface area (Å²) < 4.78 is 43.2. The van der Waals surface area contributed by atoms with Crippen LogP contribution in [-0.4, -0.2) is 63.0 Å². The summed E-state index contributed by atoms with van der Waals surface area (Å²) in [6.07, 6.45) is -3.58. The van der Waals surface area contributed by atoms with Gasteiger partial charge in [0.25, 0.3) is 5.91 Å². The Balaban J connectivity index is 1.82. The van der Waals surface area contributed by atoms with Crippen LogP contribution in [0.15, 0.2) is 12.1 Å². The zero-order chi connectivity index (χ0) is 17.5. The van der Waals surface area contributed by atoms with Crippen molar-refractivity contribution in [1.82, 2.24) is 10.3 Å². The third kappa shape index (κ3) is 3.00. The molecule has 132 valence electrons. The molecule has 24 heavy (non-hydrogen) atoms. The summed E-state index contributed by atoms with van der Waals surface area (Å²) >= 11 is 0. The molecule has 1 fully saturated rings. The molecule has 2 bridgehead atoms. The van der Waals surface area contributed by atoms with Crippen LogP contribution in [0, 0.1) is 0 Å². The molecule has 2 aliphatic rings. The number of carbonyl (C=O) groups excluding carboxylic acids is 1. The predicted octanol–water partition coefficient (Wildman–Crippen LogP) is 1.42. The van der Waals surface area contributed by atoms with Crippen molar-refractivity contribution >= 4 is 17.4 Å². The number of nitrogens with zero attached hydrogens (tertiary/aromatic N) is 3. The highest BCUT2D eigenvalue weighted by Gasteiger charge is 2.41. The van der Waals surface area contributed by atoms with Crippen LogP contribution in [0.1, 0.15) is 16.9 Å². The number of likely N-dealkylation sites (N-methyl/N-ethyl adjacent to an activating group) is 1. The molecule has 0 spiro atoms. The Hall–Kier alpha value is -2.03. The van der Waals surface area contributed by atoms with Crippen LogP contribution >= 0.6 is 0 Å². The van der Waals surface area contributed by atoms with E-state index in [-0.39, 0.29) is 5.69 Å². The monoisotopic (exact) mass is 344 g/mol. The summed E-state index contributed by atoms with van der Waals surface area (Å²) in [4.78, 5) is 20.7. The van der Waals surface area contributed by atoms with E-state index in [4.69, 9.17) is 0 Å². The van der Waals surface area contributed by atoms with E-state index in [1.807, 2.05) is 17.3 Å². The van der Waals surface area contributed by atoms with Crippen LogP contribution in [0.2, 0.25) is 0 Å². The van der Waals surface area contributed by atoms with Crippen molar-refractivity contribution in [1.29, 1.82) is 0 Å². The van der Waals surface area contributed by atoms with E-state index >= 15 is 0 Å². The maximum atomic E-state index is 12.9. The molecule has 2 aliphatic heterocycles. The van der Waals surface area contributed by atoms with Crippen LogP contribution in [0.5, 0.6) is 0 Å². The van der Waals surface area contributed by atoms with E-state index in [1.54, 1.807) is 6.07 Å². The molecule has 3 heterocycles. The van der Waals surface area contributed by atoms with Crippen molar-refractivity contribution < 1.29 is 22.7 Å². The quantitative estimate of drug-likeness (QED) is 0.895. The first kappa shape index (κ1) is 16.8. The van der Waals surface area contributed by atoms with Crippen molar-refractivity contribution in [2.45, 2.75) is 24.7 Å². The summed E-state index contributed by atoms with van der Waals surface area (Å²) in [5.74, 6) is -0.231. The summed E-state index contributed by atoms with van der Waals surface area (Å²) in [6, 6.07) is 1.46. The first-order valence-electron chi connectivity index (χ1n) is 7.66. The lowest BCUT2D eigenvalue weighted by Gasteiger charge is -2.34. The molecule has 0 aromatic carbocycles. The second kappa shape index (κ2) is 6.12. The third-order valence-corrected chi connectivity index (χ3v) is 4.51. The maximum Gasteiger partial charge on any atom is 0.410 e. The highest BCUT2D eigenvalue weighted by Crippen LogP contribution is 2.37. The number of halogens is 3. The van der Waals surface area contributed by atoms with Gasteiger partial charge in [-0.2, -0.15) is 13.2 Å². The molecule has 1 saturated heterocycles. The van der Waals surface area contributed by atoms with Crippen LogP contribution in [-0.2, 0) is 4.74 Å². The molecule has 0 saturated carbocycles. The molecule has 1 amide bonds. The molecule has 6 nitrogen and oxygen atoms in total. The number of alkyl halides is 3. The van der Waals surface area contributed by atoms with E-state index in [0.717, 1.165) is 32.3 Å². The van der Waals surface area contributed by atoms with E-state index < -0.39 is 24.7 Å². The van der Waals surface area contributed by atoms with Crippen LogP contribution in [0.3, 0.4) is 0 Å². The lowest BCUT2D eigenvalue weighted by Crippen LogP contribution is -2.48. The van der Waals surface area contributed by atoms with Gasteiger partial charge < -0.3 is 19.9 Å². The fourth-order valence-electron chi connectivity index (χ4n) is 3.14. The molecule has 3 rings (SSSR count). The summed E-state index contributed by atoms with van der Waals surface area (Å²) in [5, 5.41) is 1.95. The average molecular weight is 344 g/mol. The molecule has 9 heteroatoms. The Morgan fingerprint density at radius 3 is 2.92 bits per heavy atom. The summed E-state index contributed by atoms with van der Waals surface area (Å²) in [7, 11) is 3.05. The first-order valence-corrected chi connectivity index (χ1v) is 7.66. The van der Waals surface area contributed by atoms with Gasteiger partial charge in [0.2, 0.25) is 0 Å². The molecule has 1 N–H and O–H groups in total. The smallest absolute Gasteiger partial charge is 0.382 e. The maximum absolute atomic E-state index is 12.9. The van der Waals surface area contributed by atoms with Crippen LogP contribution in [0.25, 0.3) is 0 Å². The largest absolute Gasteiger partial charge is 0.410 e. The minimum atomic E-state index is -4.58. The number of aromatic nitrogens is 1. The van der Waals surface area contributed by atoms with Gasteiger partial charge >= 0.3 is 6.18 Å². The minimum absolute atomic E-state index is 0.0338. The SMILES string of the molecule is COCC(NC(=O)c1ccc2c(n1)N(C)C1CCN2C1)C(F)(F)F. The van der Waals surface area contributed by atoms with Crippen molar-refractivity contribution in [3.05, 3.63) is 17.8 Å². The van der Waals surface area contributed by atoms with Gasteiger partial charge in [-0.3, -0.25) is 4.79 Å². The first-order chi connectivity index (χ1) is 11.3. The number of carbonyl (C=O) groups is 1. The van der Waals surface area contributed by atoms with E-state index in [2.05, 4.69) is 14.6 Å². The third-order valence-electron chi connectivity index (χ3n) is 4.51. The Morgan fingerprint density at radius 1 is 1.50 bits per heavy atom. The lowest BCUT2D eigenvalue weighted by atomic mass is 10.2. The Bertz CT molecular complexity index is 638. The fraction of sp³-hybridized carbons (Fsp3) is 0.600. The van der Waals surface area contributed by atoms with Gasteiger partial charge in [0.1, 0.15) is 11.7 Å². The number of rotatable bonds is 4. The highest BCUT2D eigenvalue weighted by atomic mass is 19.4. The fourth-order valence-corrected chi connectivity index (χ4v) is 3.14. The van der Waals surface area contributed by atoms with Gasteiger partial charge in [-0.15, -0.1) is 0 Å². The second-order valence-electron chi connectivity index (χ2n) is 6.06. The molecule has 0 radical (unpaired) electrons. The van der Waals surface area contributed by atoms with Crippen molar-refractivity contribution in [2.24, 2.45) is 0 Å². The predicted molar refractivity (Wildman–Crippen MR) is 82.4 cm³/mol. The van der Waals surface area contributed by atoms with Gasteiger partial charge in [-0.05, 0) is 18.6 Å². The van der Waals surface area contributed by atoms with Gasteiger partial charge in [0.05, 0.1) is 12.3 Å². The standard InChI is InChI=1S/C15H19F3N4O2/c1-21-9-5-6-22(7-9)11-4-3-10(19-13(11)21)14(23)20-12(8-24-2)15(16,17)18/h3-4,9,12H,5-8H2,1-2H3,(H,20,23). The highest BCUT2D eigenvalue weighted by molar-refractivity contribution is 5.94. The Labute approximate surface area is 137 Å². The van der Waals surface area contributed by atoms with Crippen molar-refractivity contribution in [3.8, 4) is 0 Å². The number of hydrogen-bond donors (Lipinski definition) is 1. The topological polar surface area (TPSA) is 57.7 Å². The molecular weight excluding hydrogens is 325 g/mol. The number of anilines is 2. The normalized spacial score (nSPS) is 20.8. The number of fused-ring (bicyclic) bond motifs is 4. The summed E-state index contributed by atoms with van der Waals surface area (Å²) in [5.41, 5.74) is 0.875. The second-order valence-corrected chi connectivity index (χ2v) is 6.06. The summed E-state index contributed by atoms with van der Waals surface area (Å²) in [6.45, 7) is 1.18. The Morgan fingerprint density at radius 2 is 2.25 bits per heavy atom. The average Bonchev–Trinajstić information content (AvgIpc) is 2.97. The number of nitrogens with one attached hydrogen (secondary N) is 1. The Kier molecular flexibility index (Phi) is 4.29.